The lowest BCUT2D eigenvalue weighted by Gasteiger charge is -2.10. The summed E-state index contributed by atoms with van der Waals surface area (Å²) in [5, 5.41) is 4.21. The summed E-state index contributed by atoms with van der Waals surface area (Å²) in [6, 6.07) is 0. The normalized spacial score (nSPS) is 14.6. The zero-order valence-corrected chi connectivity index (χ0v) is 8.30. The van der Waals surface area contributed by atoms with Crippen LogP contribution in [0, 0.1) is 0 Å². The van der Waals surface area contributed by atoms with E-state index in [9.17, 15) is 0 Å². The summed E-state index contributed by atoms with van der Waals surface area (Å²) >= 11 is 0. The van der Waals surface area contributed by atoms with Gasteiger partial charge in [-0.25, -0.2) is 0 Å². The molecule has 0 saturated carbocycles. The van der Waals surface area contributed by atoms with E-state index in [0.717, 1.165) is 0 Å². The first-order valence-electron chi connectivity index (χ1n) is 4.87. The molecule has 0 atom stereocenters. The molecule has 0 fully saturated rings. The lowest BCUT2D eigenvalue weighted by molar-refractivity contribution is 0.626. The van der Waals surface area contributed by atoms with Gasteiger partial charge in [-0.3, -0.25) is 4.68 Å². The van der Waals surface area contributed by atoms with E-state index in [2.05, 4.69) is 5.10 Å². The van der Waals surface area contributed by atoms with E-state index in [1.54, 1.807) is 0 Å². The van der Waals surface area contributed by atoms with Gasteiger partial charge in [0.05, 0.1) is 6.20 Å². The van der Waals surface area contributed by atoms with Crippen molar-refractivity contribution < 1.29 is 0 Å². The summed E-state index contributed by atoms with van der Waals surface area (Å²) in [5.74, 6) is 0. The maximum absolute atomic E-state index is 4.21. The van der Waals surface area contributed by atoms with Gasteiger partial charge in [-0.1, -0.05) is 13.8 Å². The van der Waals surface area contributed by atoms with Crippen molar-refractivity contribution in [2.45, 2.75) is 39.5 Å². The van der Waals surface area contributed by atoms with Crippen LogP contribution >= 0.6 is 0 Å². The highest BCUT2D eigenvalue weighted by Crippen LogP contribution is 2.19. The van der Waals surface area contributed by atoms with Gasteiger partial charge in [0.1, 0.15) is 0 Å². The van der Waals surface area contributed by atoms with Gasteiger partial charge in [-0.05, 0) is 31.2 Å². The third kappa shape index (κ3) is 1.68. The molecule has 1 aromatic rings. The molecule has 2 nitrogen and oxygen atoms in total. The van der Waals surface area contributed by atoms with E-state index in [0.29, 0.717) is 0 Å². The Bertz CT molecular complexity index is 238. The van der Waals surface area contributed by atoms with Crippen LogP contribution in [-0.2, 0) is 19.9 Å². The molecule has 0 aliphatic heterocycles. The molecule has 0 radical (unpaired) electrons. The van der Waals surface area contributed by atoms with Crippen molar-refractivity contribution in [3.8, 4) is 0 Å². The summed E-state index contributed by atoms with van der Waals surface area (Å²) in [7, 11) is 2.03. The highest BCUT2D eigenvalue weighted by molar-refractivity contribution is 5.19. The average molecular weight is 166 g/mol. The van der Waals surface area contributed by atoms with E-state index >= 15 is 0 Å². The first-order valence-corrected chi connectivity index (χ1v) is 4.87. The van der Waals surface area contributed by atoms with Crippen LogP contribution in [0.5, 0.6) is 0 Å². The second-order valence-corrected chi connectivity index (χ2v) is 2.95. The Morgan fingerprint density at radius 3 is 2.58 bits per heavy atom. The van der Waals surface area contributed by atoms with Gasteiger partial charge >= 0.3 is 0 Å². The second-order valence-electron chi connectivity index (χ2n) is 2.95. The molecule has 1 aliphatic carbocycles. The van der Waals surface area contributed by atoms with Gasteiger partial charge in [0.15, 0.2) is 0 Å². The Balaban J connectivity index is 0.000000336. The molecule has 12 heavy (non-hydrogen) atoms. The molecule has 0 saturated heterocycles. The largest absolute Gasteiger partial charge is 0.272 e. The molecule has 2 rings (SSSR count). The number of nitrogens with zero attached hydrogens (tertiary/aromatic N) is 2. The minimum absolute atomic E-state index is 1.23. The van der Waals surface area contributed by atoms with Crippen LogP contribution in [0.25, 0.3) is 0 Å². The molecule has 2 heteroatoms. The van der Waals surface area contributed by atoms with Gasteiger partial charge in [-0.15, -0.1) is 0 Å². The lowest BCUT2D eigenvalue weighted by atomic mass is 9.98. The number of hydrogen-bond donors (Lipinski definition) is 0. The molecule has 0 bridgehead atoms. The van der Waals surface area contributed by atoms with Gasteiger partial charge in [0, 0.05) is 12.7 Å². The molecule has 0 spiro atoms. The van der Waals surface area contributed by atoms with Crippen molar-refractivity contribution in [3.63, 3.8) is 0 Å². The lowest BCUT2D eigenvalue weighted by Crippen LogP contribution is -2.05. The smallest absolute Gasteiger partial charge is 0.0524 e. The van der Waals surface area contributed by atoms with Gasteiger partial charge < -0.3 is 0 Å². The molecule has 0 unspecified atom stereocenters. The van der Waals surface area contributed by atoms with Gasteiger partial charge in [0.2, 0.25) is 0 Å². The summed E-state index contributed by atoms with van der Waals surface area (Å²) < 4.78 is 2.01. The Labute approximate surface area is 74.6 Å². The van der Waals surface area contributed by atoms with Crippen LogP contribution in [0.15, 0.2) is 6.20 Å². The third-order valence-corrected chi connectivity index (χ3v) is 2.26. The van der Waals surface area contributed by atoms with Crippen LogP contribution in [0.1, 0.15) is 37.9 Å². The number of rotatable bonds is 0. The summed E-state index contributed by atoms with van der Waals surface area (Å²) in [5.41, 5.74) is 2.92. The molecule has 1 aromatic heterocycles. The average Bonchev–Trinajstić information content (AvgIpc) is 2.53. The highest BCUT2D eigenvalue weighted by Gasteiger charge is 2.11. The van der Waals surface area contributed by atoms with Crippen LogP contribution in [0.3, 0.4) is 0 Å². The van der Waals surface area contributed by atoms with E-state index in [4.69, 9.17) is 0 Å². The zero-order chi connectivity index (χ0) is 8.97. The molecule has 0 aromatic carbocycles. The van der Waals surface area contributed by atoms with Crippen molar-refractivity contribution in [1.29, 1.82) is 0 Å². The number of aromatic nitrogens is 2. The fourth-order valence-corrected chi connectivity index (χ4v) is 1.65. The van der Waals surface area contributed by atoms with Crippen molar-refractivity contribution in [3.05, 3.63) is 17.5 Å². The first-order chi connectivity index (χ1) is 5.88. The molecular weight excluding hydrogens is 148 g/mol. The predicted molar refractivity (Wildman–Crippen MR) is 51.2 cm³/mol. The van der Waals surface area contributed by atoms with Crippen molar-refractivity contribution in [2.24, 2.45) is 7.05 Å². The summed E-state index contributed by atoms with van der Waals surface area (Å²) in [4.78, 5) is 0. The fraction of sp³-hybridized carbons (Fsp3) is 0.700. The Morgan fingerprint density at radius 2 is 1.92 bits per heavy atom. The van der Waals surface area contributed by atoms with Crippen molar-refractivity contribution in [2.75, 3.05) is 0 Å². The number of fused-ring (bicyclic) bond motifs is 1. The minimum Gasteiger partial charge on any atom is -0.272 e. The Kier molecular flexibility index (Phi) is 3.32. The van der Waals surface area contributed by atoms with Crippen LogP contribution < -0.4 is 0 Å². The van der Waals surface area contributed by atoms with Crippen LogP contribution in [0.4, 0.5) is 0 Å². The SMILES string of the molecule is CC.Cn1ncc2c1CCCC2. The summed E-state index contributed by atoms with van der Waals surface area (Å²) in [6.45, 7) is 4.00. The first kappa shape index (κ1) is 9.30. The molecule has 0 amide bonds. The molecule has 68 valence electrons. The van der Waals surface area contributed by atoms with E-state index in [-0.39, 0.29) is 0 Å². The van der Waals surface area contributed by atoms with E-state index in [1.807, 2.05) is 31.8 Å². The number of hydrogen-bond acceptors (Lipinski definition) is 1. The quantitative estimate of drug-likeness (QED) is 0.578. The topological polar surface area (TPSA) is 17.8 Å². The predicted octanol–water partition coefficient (Wildman–Crippen LogP) is 2.33. The Morgan fingerprint density at radius 1 is 1.25 bits per heavy atom. The monoisotopic (exact) mass is 166 g/mol. The second kappa shape index (κ2) is 4.29. The highest BCUT2D eigenvalue weighted by atomic mass is 15.3. The molecular formula is C10H18N2. The van der Waals surface area contributed by atoms with Crippen molar-refractivity contribution in [1.82, 2.24) is 9.78 Å². The van der Waals surface area contributed by atoms with Gasteiger partial charge in [-0.2, -0.15) is 5.10 Å². The minimum atomic E-state index is 1.23. The zero-order valence-electron chi connectivity index (χ0n) is 8.30. The fourth-order valence-electron chi connectivity index (χ4n) is 1.65. The van der Waals surface area contributed by atoms with Gasteiger partial charge in [0.25, 0.3) is 0 Å². The Hall–Kier alpha value is -0.790. The maximum atomic E-state index is 4.21. The standard InChI is InChI=1S/C8H12N2.C2H6/c1-10-8-5-3-2-4-7(8)6-9-10;1-2/h6H,2-5H2,1H3;1-2H3. The maximum Gasteiger partial charge on any atom is 0.0524 e. The van der Waals surface area contributed by atoms with Crippen LogP contribution in [-0.4, -0.2) is 9.78 Å². The number of aryl methyl sites for hydroxylation is 2. The summed E-state index contributed by atoms with van der Waals surface area (Å²) in [6.07, 6.45) is 7.16. The van der Waals surface area contributed by atoms with E-state index in [1.165, 1.54) is 36.9 Å². The van der Waals surface area contributed by atoms with Crippen molar-refractivity contribution >= 4 is 0 Å². The third-order valence-electron chi connectivity index (χ3n) is 2.26. The molecule has 1 aliphatic rings. The molecule has 1 heterocycles. The van der Waals surface area contributed by atoms with Crippen LogP contribution in [0.2, 0.25) is 0 Å². The van der Waals surface area contributed by atoms with E-state index < -0.39 is 0 Å². The molecule has 0 N–H and O–H groups in total.